The Labute approximate surface area is 153 Å². The van der Waals surface area contributed by atoms with Gasteiger partial charge in [0.1, 0.15) is 12.4 Å². The number of para-hydroxylation sites is 1. The van der Waals surface area contributed by atoms with Crippen molar-refractivity contribution in [3.8, 4) is 5.75 Å². The Morgan fingerprint density at radius 2 is 1.76 bits per heavy atom. The number of hydrogen-bond donors (Lipinski definition) is 0. The molecule has 0 N–H and O–H groups in total. The Hall–Kier alpha value is -1.65. The fourth-order valence-electron chi connectivity index (χ4n) is 2.35. The molecule has 25 heavy (non-hydrogen) atoms. The first kappa shape index (κ1) is 19.7. The van der Waals surface area contributed by atoms with Gasteiger partial charge in [-0.05, 0) is 54.7 Å². The lowest BCUT2D eigenvalue weighted by Gasteiger charge is -2.39. The topological polar surface area (TPSA) is 31.4 Å². The highest BCUT2D eigenvalue weighted by atomic mass is 28.4. The minimum atomic E-state index is -1.84. The van der Waals surface area contributed by atoms with Crippen molar-refractivity contribution in [2.75, 3.05) is 6.61 Å². The summed E-state index contributed by atoms with van der Waals surface area (Å²) in [5.41, 5.74) is 1.24. The fraction of sp³-hybridized carbons (Fsp3) is 0.476. The van der Waals surface area contributed by atoms with E-state index in [0.717, 1.165) is 18.6 Å². The van der Waals surface area contributed by atoms with Gasteiger partial charge in [0.05, 0.1) is 6.10 Å². The third-order valence-corrected chi connectivity index (χ3v) is 9.46. The number of nitrogens with zero attached hydrogens (tertiary/aromatic N) is 1. The van der Waals surface area contributed by atoms with Gasteiger partial charge < -0.3 is 9.16 Å². The summed E-state index contributed by atoms with van der Waals surface area (Å²) in [6.07, 6.45) is 5.71. The molecule has 3 nitrogen and oxygen atoms in total. The van der Waals surface area contributed by atoms with E-state index in [0.29, 0.717) is 6.61 Å². The Bertz CT molecular complexity index is 580. The first-order valence-electron chi connectivity index (χ1n) is 9.02. The molecule has 2 rings (SSSR count). The second-order valence-corrected chi connectivity index (χ2v) is 12.8. The fourth-order valence-corrected chi connectivity index (χ4v) is 3.72. The van der Waals surface area contributed by atoms with Crippen LogP contribution in [0.2, 0.25) is 18.1 Å². The molecule has 136 valence electrons. The van der Waals surface area contributed by atoms with E-state index in [-0.39, 0.29) is 11.1 Å². The maximum Gasteiger partial charge on any atom is 0.192 e. The third-order valence-electron chi connectivity index (χ3n) is 4.92. The highest BCUT2D eigenvalue weighted by Gasteiger charge is 2.39. The summed E-state index contributed by atoms with van der Waals surface area (Å²) >= 11 is 0. The summed E-state index contributed by atoms with van der Waals surface area (Å²) in [5, 5.41) is 0.187. The van der Waals surface area contributed by atoms with Crippen LogP contribution in [-0.2, 0) is 10.8 Å². The molecule has 0 radical (unpaired) electrons. The van der Waals surface area contributed by atoms with Crippen molar-refractivity contribution in [1.29, 1.82) is 0 Å². The zero-order chi connectivity index (χ0) is 18.3. The Balaban J connectivity index is 2.02. The minimum Gasteiger partial charge on any atom is -0.491 e. The highest BCUT2D eigenvalue weighted by Crippen LogP contribution is 2.37. The van der Waals surface area contributed by atoms with Crippen LogP contribution in [-0.4, -0.2) is 26.0 Å². The van der Waals surface area contributed by atoms with E-state index in [9.17, 15) is 0 Å². The molecule has 2 aromatic rings. The summed E-state index contributed by atoms with van der Waals surface area (Å²) in [6, 6.07) is 14.1. The maximum absolute atomic E-state index is 6.64. The molecule has 0 saturated carbocycles. The molecule has 0 unspecified atom stereocenters. The molecule has 0 aliphatic rings. The van der Waals surface area contributed by atoms with Gasteiger partial charge >= 0.3 is 0 Å². The molecule has 0 aliphatic carbocycles. The second-order valence-electron chi connectivity index (χ2n) is 8.02. The van der Waals surface area contributed by atoms with Gasteiger partial charge in [-0.2, -0.15) is 0 Å². The number of ether oxygens (including phenoxy) is 1. The van der Waals surface area contributed by atoms with Crippen molar-refractivity contribution in [1.82, 2.24) is 4.98 Å². The molecule has 0 spiro atoms. The van der Waals surface area contributed by atoms with Gasteiger partial charge in [-0.1, -0.05) is 45.0 Å². The molecular weight excluding hydrogens is 326 g/mol. The Kier molecular flexibility index (Phi) is 6.79. The van der Waals surface area contributed by atoms with Gasteiger partial charge in [-0.25, -0.2) is 0 Å². The number of hydrogen-bond acceptors (Lipinski definition) is 3. The van der Waals surface area contributed by atoms with E-state index in [4.69, 9.17) is 9.16 Å². The molecule has 4 heteroatoms. The van der Waals surface area contributed by atoms with Gasteiger partial charge in [-0.15, -0.1) is 0 Å². The summed E-state index contributed by atoms with van der Waals surface area (Å²) in [6.45, 7) is 12.0. The van der Waals surface area contributed by atoms with Crippen molar-refractivity contribution in [2.45, 2.75) is 57.8 Å². The van der Waals surface area contributed by atoms with Crippen LogP contribution in [0.1, 0.15) is 32.8 Å². The molecule has 0 fully saturated rings. The Morgan fingerprint density at radius 3 is 2.36 bits per heavy atom. The van der Waals surface area contributed by atoms with E-state index in [1.54, 1.807) is 0 Å². The zero-order valence-corrected chi connectivity index (χ0v) is 17.2. The molecule has 1 aromatic heterocycles. The van der Waals surface area contributed by atoms with Crippen LogP contribution in [0.25, 0.3) is 0 Å². The molecule has 0 aliphatic heterocycles. The molecule has 0 amide bonds. The number of pyridine rings is 1. The van der Waals surface area contributed by atoms with Crippen LogP contribution in [0.15, 0.2) is 54.9 Å². The summed E-state index contributed by atoms with van der Waals surface area (Å²) in [5.74, 6) is 0.896. The molecule has 0 bridgehead atoms. The quantitative estimate of drug-likeness (QED) is 0.586. The number of rotatable bonds is 8. The summed E-state index contributed by atoms with van der Waals surface area (Å²) < 4.78 is 12.6. The van der Waals surface area contributed by atoms with E-state index < -0.39 is 8.32 Å². The van der Waals surface area contributed by atoms with E-state index in [1.165, 1.54) is 5.56 Å². The minimum absolute atomic E-state index is 0.0845. The zero-order valence-electron chi connectivity index (χ0n) is 16.2. The van der Waals surface area contributed by atoms with Crippen LogP contribution in [0.4, 0.5) is 0 Å². The second kappa shape index (κ2) is 8.63. The standard InChI is InChI=1S/C21H31NO2Si/c1-21(2,3)25(4,5)24-20(14-13-18-10-9-15-22-16-18)17-23-19-11-7-6-8-12-19/h6-12,15-16,20H,13-14,17H2,1-5H3/t20-/m1/s1. The SMILES string of the molecule is CC(C)(C)[Si](C)(C)O[C@H](CCc1cccnc1)COc1ccccc1. The van der Waals surface area contributed by atoms with Gasteiger partial charge in [0.2, 0.25) is 0 Å². The average Bonchev–Trinajstić information content (AvgIpc) is 2.58. The van der Waals surface area contributed by atoms with Crippen LogP contribution in [0, 0.1) is 0 Å². The monoisotopic (exact) mass is 357 g/mol. The number of benzene rings is 1. The predicted molar refractivity (Wildman–Crippen MR) is 107 cm³/mol. The van der Waals surface area contributed by atoms with Gasteiger partial charge in [-0.3, -0.25) is 4.98 Å². The van der Waals surface area contributed by atoms with Gasteiger partial charge in [0.15, 0.2) is 8.32 Å². The van der Waals surface area contributed by atoms with E-state index >= 15 is 0 Å². The van der Waals surface area contributed by atoms with Crippen LogP contribution < -0.4 is 4.74 Å². The van der Waals surface area contributed by atoms with Crippen molar-refractivity contribution >= 4 is 8.32 Å². The van der Waals surface area contributed by atoms with E-state index in [2.05, 4.69) is 44.9 Å². The van der Waals surface area contributed by atoms with Crippen molar-refractivity contribution in [3.63, 3.8) is 0 Å². The normalized spacial score (nSPS) is 13.5. The summed E-state index contributed by atoms with van der Waals surface area (Å²) in [4.78, 5) is 4.21. The third kappa shape index (κ3) is 6.29. The van der Waals surface area contributed by atoms with Gasteiger partial charge in [0, 0.05) is 12.4 Å². The lowest BCUT2D eigenvalue weighted by molar-refractivity contribution is 0.108. The Morgan fingerprint density at radius 1 is 1.04 bits per heavy atom. The average molecular weight is 358 g/mol. The summed E-state index contributed by atoms with van der Waals surface area (Å²) in [7, 11) is -1.84. The molecule has 1 heterocycles. The van der Waals surface area contributed by atoms with Crippen molar-refractivity contribution in [3.05, 3.63) is 60.4 Å². The molecular formula is C21H31NO2Si. The molecule has 1 atom stereocenters. The van der Waals surface area contributed by atoms with Crippen LogP contribution in [0.3, 0.4) is 0 Å². The predicted octanol–water partition coefficient (Wildman–Crippen LogP) is 5.48. The van der Waals surface area contributed by atoms with Crippen LogP contribution >= 0.6 is 0 Å². The number of aryl methyl sites for hydroxylation is 1. The van der Waals surface area contributed by atoms with Crippen LogP contribution in [0.5, 0.6) is 5.75 Å². The maximum atomic E-state index is 6.64. The lowest BCUT2D eigenvalue weighted by atomic mass is 10.1. The van der Waals surface area contributed by atoms with Crippen molar-refractivity contribution < 1.29 is 9.16 Å². The first-order valence-corrected chi connectivity index (χ1v) is 11.9. The largest absolute Gasteiger partial charge is 0.491 e. The molecule has 0 saturated heterocycles. The lowest BCUT2D eigenvalue weighted by Crippen LogP contribution is -2.45. The smallest absolute Gasteiger partial charge is 0.192 e. The van der Waals surface area contributed by atoms with Crippen molar-refractivity contribution in [2.24, 2.45) is 0 Å². The van der Waals surface area contributed by atoms with E-state index in [1.807, 2.05) is 48.8 Å². The number of aromatic nitrogens is 1. The highest BCUT2D eigenvalue weighted by molar-refractivity contribution is 6.74. The van der Waals surface area contributed by atoms with Gasteiger partial charge in [0.25, 0.3) is 0 Å². The molecule has 1 aromatic carbocycles. The first-order chi connectivity index (χ1) is 11.8.